The lowest BCUT2D eigenvalue weighted by Crippen LogP contribution is -2.36. The van der Waals surface area contributed by atoms with Crippen molar-refractivity contribution in [1.29, 1.82) is 0 Å². The maximum absolute atomic E-state index is 14.1. The van der Waals surface area contributed by atoms with Crippen LogP contribution in [0.3, 0.4) is 0 Å². The van der Waals surface area contributed by atoms with Gasteiger partial charge in [-0.15, -0.1) is 0 Å². The van der Waals surface area contributed by atoms with E-state index in [1.807, 2.05) is 18.0 Å². The summed E-state index contributed by atoms with van der Waals surface area (Å²) in [7, 11) is 1.95. The summed E-state index contributed by atoms with van der Waals surface area (Å²) in [5, 5.41) is 0. The number of hydrogen-bond acceptors (Lipinski definition) is 3. The molecule has 96 valence electrons. The summed E-state index contributed by atoms with van der Waals surface area (Å²) in [5.41, 5.74) is 3.11. The molecule has 2 aromatic rings. The maximum Gasteiger partial charge on any atom is 0.150 e. The van der Waals surface area contributed by atoms with Crippen LogP contribution in [-0.2, 0) is 6.42 Å². The first kappa shape index (κ1) is 10.7. The van der Waals surface area contributed by atoms with E-state index in [4.69, 9.17) is 0 Å². The van der Waals surface area contributed by atoms with Gasteiger partial charge in [-0.3, -0.25) is 4.98 Å². The van der Waals surface area contributed by atoms with Crippen molar-refractivity contribution < 1.29 is 8.78 Å². The van der Waals surface area contributed by atoms with E-state index in [9.17, 15) is 8.78 Å². The van der Waals surface area contributed by atoms with Gasteiger partial charge in [0.2, 0.25) is 0 Å². The molecule has 5 heteroatoms. The Bertz CT molecular complexity index is 686. The zero-order valence-electron chi connectivity index (χ0n) is 10.3. The van der Waals surface area contributed by atoms with Crippen LogP contribution in [0.2, 0.25) is 0 Å². The van der Waals surface area contributed by atoms with Crippen LogP contribution >= 0.6 is 0 Å². The van der Waals surface area contributed by atoms with Crippen molar-refractivity contribution in [3.05, 3.63) is 47.8 Å². The number of rotatable bonds is 0. The first-order valence-corrected chi connectivity index (χ1v) is 6.11. The van der Waals surface area contributed by atoms with Gasteiger partial charge in [-0.05, 0) is 17.7 Å². The highest BCUT2D eigenvalue weighted by molar-refractivity contribution is 5.86. The van der Waals surface area contributed by atoms with Gasteiger partial charge < -0.3 is 9.80 Å². The molecule has 4 rings (SSSR count). The zero-order valence-corrected chi connectivity index (χ0v) is 10.3. The third-order valence-electron chi connectivity index (χ3n) is 3.91. The Hall–Kier alpha value is -2.17. The van der Waals surface area contributed by atoms with Crippen LogP contribution in [-0.4, -0.2) is 18.2 Å². The van der Waals surface area contributed by atoms with Crippen LogP contribution in [0, 0.1) is 11.6 Å². The molecule has 0 aliphatic carbocycles. The third-order valence-corrected chi connectivity index (χ3v) is 3.91. The van der Waals surface area contributed by atoms with Crippen LogP contribution in [0.1, 0.15) is 5.56 Å². The van der Waals surface area contributed by atoms with Crippen molar-refractivity contribution in [2.24, 2.45) is 0 Å². The van der Waals surface area contributed by atoms with E-state index in [-0.39, 0.29) is 6.17 Å². The molecular weight excluding hydrogens is 248 g/mol. The van der Waals surface area contributed by atoms with Crippen molar-refractivity contribution in [2.45, 2.75) is 12.6 Å². The average molecular weight is 259 g/mol. The highest BCUT2D eigenvalue weighted by Crippen LogP contribution is 2.49. The molecule has 19 heavy (non-hydrogen) atoms. The largest absolute Gasteiger partial charge is 0.351 e. The van der Waals surface area contributed by atoms with Crippen LogP contribution in [0.5, 0.6) is 0 Å². The number of nitrogens with zero attached hydrogens (tertiary/aromatic N) is 3. The zero-order chi connectivity index (χ0) is 13.1. The highest BCUT2D eigenvalue weighted by atomic mass is 19.1. The Morgan fingerprint density at radius 2 is 2.11 bits per heavy atom. The van der Waals surface area contributed by atoms with Gasteiger partial charge in [-0.2, -0.15) is 0 Å². The summed E-state index contributed by atoms with van der Waals surface area (Å²) in [4.78, 5) is 8.09. The van der Waals surface area contributed by atoms with Crippen LogP contribution < -0.4 is 9.80 Å². The molecule has 0 spiro atoms. The van der Waals surface area contributed by atoms with Gasteiger partial charge in [0.1, 0.15) is 17.8 Å². The Balaban J connectivity index is 1.96. The molecule has 0 saturated carbocycles. The Labute approximate surface area is 109 Å². The summed E-state index contributed by atoms with van der Waals surface area (Å²) in [5.74, 6) is -1.02. The molecule has 0 radical (unpaired) electrons. The first-order valence-electron chi connectivity index (χ1n) is 6.11. The van der Waals surface area contributed by atoms with Gasteiger partial charge in [-0.1, -0.05) is 0 Å². The number of fused-ring (bicyclic) bond motifs is 5. The number of halogens is 2. The number of pyridine rings is 1. The number of likely N-dealkylation sites (N-methyl/N-ethyl adjacent to an activating group) is 1. The van der Waals surface area contributed by atoms with E-state index in [0.29, 0.717) is 12.1 Å². The van der Waals surface area contributed by atoms with E-state index >= 15 is 0 Å². The van der Waals surface area contributed by atoms with Crippen LogP contribution in [0.15, 0.2) is 30.6 Å². The minimum absolute atomic E-state index is 0.00509. The molecule has 3 heterocycles. The number of hydrogen-bond donors (Lipinski definition) is 0. The van der Waals surface area contributed by atoms with Crippen LogP contribution in [0.25, 0.3) is 0 Å². The second-order valence-electron chi connectivity index (χ2n) is 4.93. The highest BCUT2D eigenvalue weighted by Gasteiger charge is 2.42. The lowest BCUT2D eigenvalue weighted by Gasteiger charge is -2.23. The Morgan fingerprint density at radius 1 is 1.26 bits per heavy atom. The van der Waals surface area contributed by atoms with Crippen LogP contribution in [0.4, 0.5) is 25.8 Å². The van der Waals surface area contributed by atoms with E-state index in [1.54, 1.807) is 12.4 Å². The minimum Gasteiger partial charge on any atom is -0.351 e. The van der Waals surface area contributed by atoms with Gasteiger partial charge >= 0.3 is 0 Å². The fourth-order valence-electron chi connectivity index (χ4n) is 3.09. The summed E-state index contributed by atoms with van der Waals surface area (Å²) < 4.78 is 27.4. The lowest BCUT2D eigenvalue weighted by molar-refractivity contribution is 0.583. The van der Waals surface area contributed by atoms with Gasteiger partial charge in [0.15, 0.2) is 0 Å². The third kappa shape index (κ3) is 1.27. The molecule has 0 bridgehead atoms. The lowest BCUT2D eigenvalue weighted by atomic mass is 10.1. The second kappa shape index (κ2) is 3.44. The molecule has 1 atom stereocenters. The molecule has 0 N–H and O–H groups in total. The quantitative estimate of drug-likeness (QED) is 0.725. The predicted octanol–water partition coefficient (Wildman–Crippen LogP) is 2.83. The normalized spacial score (nSPS) is 19.4. The first-order chi connectivity index (χ1) is 9.16. The monoisotopic (exact) mass is 259 g/mol. The standard InChI is InChI=1S/C14H11F2N3/c1-18-12-7-17-3-2-11(12)19-13(18)5-8-4-9(15)6-10(16)14(8)19/h2-4,6-7,13H,5H2,1H3. The Kier molecular flexibility index (Phi) is 1.94. The SMILES string of the molecule is CN1c2cnccc2N2c3c(F)cc(F)cc3CC12. The summed E-state index contributed by atoms with van der Waals surface area (Å²) >= 11 is 0. The number of aromatic nitrogens is 1. The predicted molar refractivity (Wildman–Crippen MR) is 68.6 cm³/mol. The van der Waals surface area contributed by atoms with Gasteiger partial charge in [0.05, 0.1) is 23.3 Å². The molecule has 1 unspecified atom stereocenters. The topological polar surface area (TPSA) is 19.4 Å². The fraction of sp³-hybridized carbons (Fsp3) is 0.214. The van der Waals surface area contributed by atoms with Crippen molar-refractivity contribution in [3.8, 4) is 0 Å². The van der Waals surface area contributed by atoms with E-state index in [1.165, 1.54) is 6.07 Å². The number of anilines is 3. The fourth-order valence-corrected chi connectivity index (χ4v) is 3.09. The molecule has 0 amide bonds. The Morgan fingerprint density at radius 3 is 2.95 bits per heavy atom. The van der Waals surface area contributed by atoms with Gasteiger partial charge in [0.25, 0.3) is 0 Å². The van der Waals surface area contributed by atoms with Crippen molar-refractivity contribution in [2.75, 3.05) is 16.8 Å². The average Bonchev–Trinajstić information content (AvgIpc) is 2.87. The summed E-state index contributed by atoms with van der Waals surface area (Å²) in [6, 6.07) is 4.23. The molecule has 1 aromatic carbocycles. The molecular formula is C14H11F2N3. The molecule has 0 fully saturated rings. The van der Waals surface area contributed by atoms with Gasteiger partial charge in [0, 0.05) is 25.7 Å². The van der Waals surface area contributed by atoms with E-state index < -0.39 is 11.6 Å². The van der Waals surface area contributed by atoms with Crippen molar-refractivity contribution in [3.63, 3.8) is 0 Å². The van der Waals surface area contributed by atoms with Gasteiger partial charge in [-0.25, -0.2) is 8.78 Å². The van der Waals surface area contributed by atoms with Crippen molar-refractivity contribution >= 4 is 17.1 Å². The maximum atomic E-state index is 14.1. The molecule has 2 aliphatic heterocycles. The summed E-state index contributed by atoms with van der Waals surface area (Å²) in [6.07, 6.45) is 4.07. The second-order valence-corrected chi connectivity index (χ2v) is 4.93. The van der Waals surface area contributed by atoms with E-state index in [0.717, 1.165) is 23.0 Å². The number of benzene rings is 1. The van der Waals surface area contributed by atoms with E-state index in [2.05, 4.69) is 9.88 Å². The minimum atomic E-state index is -0.518. The van der Waals surface area contributed by atoms with Crippen molar-refractivity contribution in [1.82, 2.24) is 4.98 Å². The summed E-state index contributed by atoms with van der Waals surface area (Å²) in [6.45, 7) is 0. The smallest absolute Gasteiger partial charge is 0.150 e. The molecule has 2 aliphatic rings. The molecule has 0 saturated heterocycles. The molecule has 3 nitrogen and oxygen atoms in total. The molecule has 1 aromatic heterocycles.